The summed E-state index contributed by atoms with van der Waals surface area (Å²) >= 11 is 14.1. The maximum absolute atomic E-state index is 12.8. The van der Waals surface area contributed by atoms with Gasteiger partial charge in [0.2, 0.25) is 5.78 Å². The number of aromatic nitrogens is 2. The van der Waals surface area contributed by atoms with Crippen molar-refractivity contribution in [2.45, 2.75) is 116 Å². The third-order valence-electron chi connectivity index (χ3n) is 10.7. The molecule has 0 fully saturated rings. The van der Waals surface area contributed by atoms with Gasteiger partial charge < -0.3 is 19.4 Å². The lowest BCUT2D eigenvalue weighted by molar-refractivity contribution is -0.148. The van der Waals surface area contributed by atoms with Gasteiger partial charge in [0.15, 0.2) is 21.2 Å². The number of halogens is 5. The Bertz CT molecular complexity index is 2670. The number of anilines is 1. The highest BCUT2D eigenvalue weighted by Crippen LogP contribution is 2.40. The number of hydrogen-bond acceptors (Lipinski definition) is 15. The predicted molar refractivity (Wildman–Crippen MR) is 265 cm³/mol. The predicted octanol–water partition coefficient (Wildman–Crippen LogP) is 9.62. The first kappa shape index (κ1) is 59.2. The summed E-state index contributed by atoms with van der Waals surface area (Å²) in [6, 6.07) is 6.59. The van der Waals surface area contributed by atoms with Crippen molar-refractivity contribution in [2.75, 3.05) is 36.8 Å². The van der Waals surface area contributed by atoms with Gasteiger partial charge >= 0.3 is 18.1 Å². The lowest BCUT2D eigenvalue weighted by Crippen LogP contribution is -2.48. The van der Waals surface area contributed by atoms with Crippen LogP contribution in [0.4, 0.5) is 18.9 Å². The smallest absolute Gasteiger partial charge is 0.416 e. The molecule has 1 aliphatic heterocycles. The molecule has 0 saturated heterocycles. The summed E-state index contributed by atoms with van der Waals surface area (Å²) in [6.45, 7) is 15.6. The second-order valence-corrected chi connectivity index (χ2v) is 20.9. The first-order valence-corrected chi connectivity index (χ1v) is 26.0. The molecule has 2 aliphatic rings. The molecule has 3 atom stereocenters. The van der Waals surface area contributed by atoms with E-state index in [1.54, 1.807) is 39.0 Å². The van der Waals surface area contributed by atoms with Crippen molar-refractivity contribution in [3.63, 3.8) is 0 Å². The largest absolute Gasteiger partial charge is 0.511 e. The van der Waals surface area contributed by atoms with Crippen LogP contribution in [-0.2, 0) is 51.8 Å². The number of sulfone groups is 1. The minimum atomic E-state index is -4.76. The fourth-order valence-corrected chi connectivity index (χ4v) is 9.95. The molecule has 0 bridgehead atoms. The first-order valence-electron chi connectivity index (χ1n) is 22.3. The normalized spacial score (nSPS) is 17.7. The van der Waals surface area contributed by atoms with Crippen LogP contribution in [0.25, 0.3) is 0 Å². The Labute approximate surface area is 419 Å². The molecule has 1 aromatic heterocycles. The minimum Gasteiger partial charge on any atom is -0.511 e. The van der Waals surface area contributed by atoms with Crippen LogP contribution in [0.1, 0.15) is 114 Å². The molecule has 0 saturated carbocycles. The Hall–Kier alpha value is -5.12. The van der Waals surface area contributed by atoms with Gasteiger partial charge in [-0.05, 0) is 95.5 Å². The second kappa shape index (κ2) is 25.8. The number of nitrogens with one attached hydrogen (secondary N) is 1. The number of Topliss-reactive ketones (excluding diaryl/α,β-unsaturated/α-hetero) is 1. The summed E-state index contributed by atoms with van der Waals surface area (Å²) in [4.78, 5) is 65.9. The molecular weight excluding hydrogens is 1000 g/mol. The van der Waals surface area contributed by atoms with Crippen LogP contribution in [-0.4, -0.2) is 101 Å². The molecule has 70 heavy (non-hydrogen) atoms. The Morgan fingerprint density at radius 3 is 2.20 bits per heavy atom. The number of rotatable bonds is 17. The van der Waals surface area contributed by atoms with Crippen LogP contribution >= 0.6 is 35.0 Å². The lowest BCUT2D eigenvalue weighted by atomic mass is 9.82. The van der Waals surface area contributed by atoms with Crippen molar-refractivity contribution in [2.24, 2.45) is 23.2 Å². The molecule has 1 aliphatic carbocycles. The van der Waals surface area contributed by atoms with E-state index < -0.39 is 60.9 Å². The highest BCUT2D eigenvalue weighted by molar-refractivity contribution is 7.99. The second-order valence-electron chi connectivity index (χ2n) is 16.4. The van der Waals surface area contributed by atoms with E-state index in [1.165, 1.54) is 19.0 Å². The van der Waals surface area contributed by atoms with Crippen LogP contribution < -0.4 is 10.6 Å². The van der Waals surface area contributed by atoms with Gasteiger partial charge in [-0.15, -0.1) is 0 Å². The molecule has 5 rings (SSSR count). The number of esters is 2. The van der Waals surface area contributed by atoms with E-state index in [0.717, 1.165) is 29.3 Å². The van der Waals surface area contributed by atoms with Gasteiger partial charge in [-0.3, -0.25) is 24.2 Å². The number of allylic oxidation sites excluding steroid dienone is 2. The number of benzene rings is 2. The van der Waals surface area contributed by atoms with Crippen molar-refractivity contribution in [3.05, 3.63) is 90.5 Å². The van der Waals surface area contributed by atoms with Gasteiger partial charge in [0, 0.05) is 54.1 Å². The number of hydrogen-bond donors (Lipinski definition) is 2. The highest BCUT2D eigenvalue weighted by Gasteiger charge is 2.49. The van der Waals surface area contributed by atoms with Gasteiger partial charge in [-0.25, -0.2) is 23.0 Å². The summed E-state index contributed by atoms with van der Waals surface area (Å²) in [7, 11) is -2.77. The number of carbonyl (C=O) groups excluding carboxylic acids is 4. The molecule has 0 spiro atoms. The number of aryl methyl sites for hydroxylation is 2. The number of ether oxygens (including phenoxy) is 2. The minimum absolute atomic E-state index is 0.00866. The number of hydrazone groups is 1. The van der Waals surface area contributed by atoms with E-state index >= 15 is 0 Å². The number of nitrogens with zero attached hydrogens (tertiary/aromatic N) is 4. The summed E-state index contributed by atoms with van der Waals surface area (Å²) in [6.07, 6.45) is -0.450. The zero-order valence-corrected chi connectivity index (χ0v) is 43.9. The van der Waals surface area contributed by atoms with Crippen LogP contribution in [0.5, 0.6) is 0 Å². The Morgan fingerprint density at radius 1 is 1.03 bits per heavy atom. The van der Waals surface area contributed by atoms with Crippen molar-refractivity contribution in [3.8, 4) is 0 Å². The fourth-order valence-electron chi connectivity index (χ4n) is 7.58. The number of carbonyl (C=O) groups is 4. The van der Waals surface area contributed by atoms with Crippen molar-refractivity contribution < 1.29 is 60.2 Å². The monoisotopic (exact) mass is 1060 g/mol. The van der Waals surface area contributed by atoms with Crippen molar-refractivity contribution in [1.29, 1.82) is 0 Å². The quantitative estimate of drug-likeness (QED) is 0.0558. The number of ketones is 2. The van der Waals surface area contributed by atoms with E-state index in [-0.39, 0.29) is 54.1 Å². The highest BCUT2D eigenvalue weighted by atomic mass is 35.5. The molecule has 3 aromatic rings. The summed E-state index contributed by atoms with van der Waals surface area (Å²) < 4.78 is 73.2. The lowest BCUT2D eigenvalue weighted by Gasteiger charge is -2.32. The number of oxime groups is 1. The van der Waals surface area contributed by atoms with Gasteiger partial charge in [0.1, 0.15) is 23.6 Å². The Morgan fingerprint density at radius 2 is 1.69 bits per heavy atom. The summed E-state index contributed by atoms with van der Waals surface area (Å²) in [5.74, 6) is -0.504. The van der Waals surface area contributed by atoms with Gasteiger partial charge in [0.05, 0.1) is 45.7 Å². The number of thioether (sulfide) groups is 1. The topological polar surface area (TPSA) is 216 Å². The number of aromatic amines is 1. The molecule has 2 N–H and O–H groups in total. The SMILES string of the molecule is CCC/C(=N/OCC)C1=C(O)CC(CC(C)SCC)CC1=O.CCOC(=O)C1=NN(c2ccc(Cl)cc2Cl)C(C)(C(=O)OCC)C1.Cc1[nH]n(C)c(=O)c1C(=O)c1ccc(C(F)(F)F)cc1S(C)(=O)=O. The van der Waals surface area contributed by atoms with E-state index in [4.69, 9.17) is 37.5 Å². The Balaban J connectivity index is 0.000000278. The average molecular weight is 1060 g/mol. The maximum atomic E-state index is 12.8. The molecule has 386 valence electrons. The van der Waals surface area contributed by atoms with Crippen LogP contribution in [0.15, 0.2) is 67.7 Å². The van der Waals surface area contributed by atoms with Gasteiger partial charge in [-0.1, -0.05) is 55.5 Å². The molecule has 2 heterocycles. The molecule has 16 nitrogen and oxygen atoms in total. The summed E-state index contributed by atoms with van der Waals surface area (Å²) in [5, 5.41) is 23.9. The number of H-pyrrole nitrogens is 1. The first-order chi connectivity index (χ1) is 32.7. The third-order valence-corrected chi connectivity index (χ3v) is 13.5. The summed E-state index contributed by atoms with van der Waals surface area (Å²) in [5.41, 5.74) is -2.11. The fraction of sp³-hybridized carbons (Fsp3) is 0.511. The van der Waals surface area contributed by atoms with Crippen LogP contribution in [0.3, 0.4) is 0 Å². The van der Waals surface area contributed by atoms with Crippen molar-refractivity contribution in [1.82, 2.24) is 9.78 Å². The zero-order chi connectivity index (χ0) is 52.9. The van der Waals surface area contributed by atoms with E-state index in [1.807, 2.05) is 25.6 Å². The zero-order valence-electron chi connectivity index (χ0n) is 40.7. The molecule has 2 aromatic carbocycles. The van der Waals surface area contributed by atoms with E-state index in [0.29, 0.717) is 76.5 Å². The average Bonchev–Trinajstić information content (AvgIpc) is 3.75. The Kier molecular flexibility index (Phi) is 21.8. The van der Waals surface area contributed by atoms with E-state index in [2.05, 4.69) is 29.2 Å². The molecular formula is C47H60Cl2F3N5O11S2. The number of aliphatic hydroxyl groups is 1. The van der Waals surface area contributed by atoms with Crippen LogP contribution in [0, 0.1) is 12.8 Å². The van der Waals surface area contributed by atoms with Gasteiger partial charge in [-0.2, -0.15) is 30.0 Å². The van der Waals surface area contributed by atoms with E-state index in [9.17, 15) is 50.7 Å². The van der Waals surface area contributed by atoms with Crippen molar-refractivity contribution >= 4 is 85.4 Å². The number of alkyl halides is 3. The molecule has 3 unspecified atom stereocenters. The maximum Gasteiger partial charge on any atom is 0.416 e. The van der Waals surface area contributed by atoms with Crippen LogP contribution in [0.2, 0.25) is 10.0 Å². The van der Waals surface area contributed by atoms with Gasteiger partial charge in [0.25, 0.3) is 5.56 Å². The molecule has 0 radical (unpaired) electrons. The molecule has 23 heteroatoms. The number of aliphatic hydroxyl groups excluding tert-OH is 1. The third kappa shape index (κ3) is 15.2. The molecule has 0 amide bonds. The standard InChI is InChI=1S/C17H29NO3S.C16H18Cl2N2O4.C14H13F3N2O4S/c1-5-8-14(18-21-6-2)17-15(19)10-13(11-16(17)20)9-12(4)22-7-3;1-4-23-14(21)12-9-16(3,15(22)24-5-2)20(19-12)13-7-6-10(17)8-11(13)18;1-7-11(13(21)19(2)18-7)12(20)9-5-4-8(14(15,16)17)6-10(9)24(3,22)23/h12-13,19H,5-11H2,1-4H3;6-8H,4-5,9H2,1-3H3;4-6,18H,1-3H3/b18-14-;;.